The summed E-state index contributed by atoms with van der Waals surface area (Å²) >= 11 is 0. The number of hydrogen-bond donors (Lipinski definition) is 2. The molecule has 136 valence electrons. The van der Waals surface area contributed by atoms with Crippen LogP contribution in [0.4, 0.5) is 11.4 Å². The van der Waals surface area contributed by atoms with Crippen molar-refractivity contribution in [1.82, 2.24) is 0 Å². The van der Waals surface area contributed by atoms with Crippen molar-refractivity contribution in [3.63, 3.8) is 0 Å². The highest BCUT2D eigenvalue weighted by Gasteiger charge is 2.22. The van der Waals surface area contributed by atoms with Crippen LogP contribution in [0.2, 0.25) is 0 Å². The van der Waals surface area contributed by atoms with E-state index in [2.05, 4.69) is 23.2 Å². The third-order valence-corrected chi connectivity index (χ3v) is 4.99. The number of benzene rings is 2. The first-order chi connectivity index (χ1) is 12.4. The molecule has 0 atom stereocenters. The van der Waals surface area contributed by atoms with Gasteiger partial charge < -0.3 is 15.3 Å². The second kappa shape index (κ2) is 7.20. The van der Waals surface area contributed by atoms with Gasteiger partial charge in [0.15, 0.2) is 0 Å². The molecule has 0 bridgehead atoms. The van der Waals surface area contributed by atoms with Gasteiger partial charge in [0.2, 0.25) is 0 Å². The van der Waals surface area contributed by atoms with Gasteiger partial charge >= 0.3 is 5.97 Å². The Morgan fingerprint density at radius 3 is 2.23 bits per heavy atom. The van der Waals surface area contributed by atoms with Gasteiger partial charge in [0.05, 0.1) is 11.1 Å². The standard InChI is InChI=1S/C21H24N2O3/c1-13-12-14(2)19(23-10-6-7-11-23)15(3)18(13)22-20(24)16-8-4-5-9-17(16)21(25)26/h4-5,8-9,12H,6-7,10-11H2,1-3H3,(H,22,24)(H,25,26). The minimum absolute atomic E-state index is 0.00665. The van der Waals surface area contributed by atoms with Crippen LogP contribution in [0.5, 0.6) is 0 Å². The van der Waals surface area contributed by atoms with Crippen LogP contribution in [0.25, 0.3) is 0 Å². The van der Waals surface area contributed by atoms with Crippen molar-refractivity contribution in [3.8, 4) is 0 Å². The van der Waals surface area contributed by atoms with Crippen molar-refractivity contribution >= 4 is 23.3 Å². The minimum atomic E-state index is -1.11. The molecule has 0 saturated carbocycles. The Kier molecular flexibility index (Phi) is 4.98. The maximum Gasteiger partial charge on any atom is 0.336 e. The first-order valence-corrected chi connectivity index (χ1v) is 8.89. The van der Waals surface area contributed by atoms with E-state index in [-0.39, 0.29) is 11.1 Å². The largest absolute Gasteiger partial charge is 0.478 e. The SMILES string of the molecule is Cc1cc(C)c(N2CCCC2)c(C)c1NC(=O)c1ccccc1C(=O)O. The number of hydrogen-bond acceptors (Lipinski definition) is 3. The number of rotatable bonds is 4. The Labute approximate surface area is 153 Å². The van der Waals surface area contributed by atoms with Crippen molar-refractivity contribution in [2.24, 2.45) is 0 Å². The van der Waals surface area contributed by atoms with Crippen molar-refractivity contribution in [2.45, 2.75) is 33.6 Å². The number of carboxylic acid groups (broad SMARTS) is 1. The van der Waals surface area contributed by atoms with Crippen molar-refractivity contribution in [3.05, 3.63) is 58.1 Å². The number of amides is 1. The average molecular weight is 352 g/mol. The van der Waals surface area contributed by atoms with Gasteiger partial charge in [0.25, 0.3) is 5.91 Å². The number of nitrogens with one attached hydrogen (secondary N) is 1. The predicted octanol–water partition coefficient (Wildman–Crippen LogP) is 4.16. The van der Waals surface area contributed by atoms with Crippen LogP contribution < -0.4 is 10.2 Å². The summed E-state index contributed by atoms with van der Waals surface area (Å²) in [7, 11) is 0. The first kappa shape index (κ1) is 18.0. The van der Waals surface area contributed by atoms with Gasteiger partial charge in [-0.1, -0.05) is 18.2 Å². The highest BCUT2D eigenvalue weighted by molar-refractivity contribution is 6.11. The molecule has 1 heterocycles. The zero-order chi connectivity index (χ0) is 18.8. The van der Waals surface area contributed by atoms with Crippen molar-refractivity contribution in [2.75, 3.05) is 23.3 Å². The summed E-state index contributed by atoms with van der Waals surface area (Å²) in [4.78, 5) is 26.5. The van der Waals surface area contributed by atoms with E-state index in [1.165, 1.54) is 30.2 Å². The van der Waals surface area contributed by atoms with E-state index in [0.717, 1.165) is 29.9 Å². The number of aryl methyl sites for hydroxylation is 2. The molecule has 0 spiro atoms. The summed E-state index contributed by atoms with van der Waals surface area (Å²) in [5.41, 5.74) is 5.33. The molecule has 1 aliphatic heterocycles. The highest BCUT2D eigenvalue weighted by atomic mass is 16.4. The summed E-state index contributed by atoms with van der Waals surface area (Å²) < 4.78 is 0. The van der Waals surface area contributed by atoms with Crippen LogP contribution >= 0.6 is 0 Å². The Morgan fingerprint density at radius 2 is 1.62 bits per heavy atom. The molecule has 1 aliphatic rings. The molecule has 5 heteroatoms. The quantitative estimate of drug-likeness (QED) is 0.867. The van der Waals surface area contributed by atoms with Crippen LogP contribution in [-0.2, 0) is 0 Å². The van der Waals surface area contributed by atoms with Crippen LogP contribution in [0.3, 0.4) is 0 Å². The van der Waals surface area contributed by atoms with Crippen molar-refractivity contribution < 1.29 is 14.7 Å². The van der Waals surface area contributed by atoms with E-state index in [1.54, 1.807) is 18.2 Å². The maximum atomic E-state index is 12.8. The van der Waals surface area contributed by atoms with E-state index < -0.39 is 11.9 Å². The van der Waals surface area contributed by atoms with Crippen molar-refractivity contribution in [1.29, 1.82) is 0 Å². The number of carboxylic acids is 1. The molecule has 26 heavy (non-hydrogen) atoms. The second-order valence-corrected chi connectivity index (χ2v) is 6.86. The zero-order valence-electron chi connectivity index (χ0n) is 15.4. The van der Waals surface area contributed by atoms with Gasteiger partial charge in [-0.3, -0.25) is 4.79 Å². The summed E-state index contributed by atoms with van der Waals surface area (Å²) in [6.45, 7) is 8.14. The molecule has 0 unspecified atom stereocenters. The van der Waals surface area contributed by atoms with E-state index in [4.69, 9.17) is 0 Å². The second-order valence-electron chi connectivity index (χ2n) is 6.86. The van der Waals surface area contributed by atoms with Crippen LogP contribution in [0.1, 0.15) is 50.2 Å². The molecule has 1 saturated heterocycles. The molecular formula is C21H24N2O3. The monoisotopic (exact) mass is 352 g/mol. The average Bonchev–Trinajstić information content (AvgIpc) is 3.12. The number of nitrogens with zero attached hydrogens (tertiary/aromatic N) is 1. The van der Waals surface area contributed by atoms with Crippen LogP contribution in [0.15, 0.2) is 30.3 Å². The Balaban J connectivity index is 1.99. The number of aromatic carboxylic acids is 1. The third-order valence-electron chi connectivity index (χ3n) is 4.99. The summed E-state index contributed by atoms with van der Waals surface area (Å²) in [5, 5.41) is 12.3. The van der Waals surface area contributed by atoms with Gasteiger partial charge in [-0.05, 0) is 62.4 Å². The molecule has 0 aromatic heterocycles. The Hall–Kier alpha value is -2.82. The van der Waals surface area contributed by atoms with E-state index in [9.17, 15) is 14.7 Å². The molecule has 0 radical (unpaired) electrons. The molecule has 2 aromatic carbocycles. The smallest absolute Gasteiger partial charge is 0.336 e. The van der Waals surface area contributed by atoms with E-state index >= 15 is 0 Å². The Morgan fingerprint density at radius 1 is 1.00 bits per heavy atom. The fourth-order valence-electron chi connectivity index (χ4n) is 3.84. The summed E-state index contributed by atoms with van der Waals surface area (Å²) in [6, 6.07) is 8.36. The summed E-state index contributed by atoms with van der Waals surface area (Å²) in [5.74, 6) is -1.50. The number of anilines is 2. The lowest BCUT2D eigenvalue weighted by molar-refractivity contribution is 0.0692. The van der Waals surface area contributed by atoms with E-state index in [0.29, 0.717) is 0 Å². The van der Waals surface area contributed by atoms with Crippen LogP contribution in [0, 0.1) is 20.8 Å². The van der Waals surface area contributed by atoms with Gasteiger partial charge in [0, 0.05) is 24.5 Å². The lowest BCUT2D eigenvalue weighted by Crippen LogP contribution is -2.22. The number of carbonyl (C=O) groups is 2. The zero-order valence-corrected chi connectivity index (χ0v) is 15.4. The maximum absolute atomic E-state index is 12.8. The van der Waals surface area contributed by atoms with Gasteiger partial charge in [0.1, 0.15) is 0 Å². The summed E-state index contributed by atoms with van der Waals surface area (Å²) in [6.07, 6.45) is 2.36. The highest BCUT2D eigenvalue weighted by Crippen LogP contribution is 2.35. The number of carbonyl (C=O) groups excluding carboxylic acids is 1. The molecule has 1 fully saturated rings. The third kappa shape index (κ3) is 3.29. The van der Waals surface area contributed by atoms with Gasteiger partial charge in [-0.15, -0.1) is 0 Å². The first-order valence-electron chi connectivity index (χ1n) is 8.89. The molecule has 2 aromatic rings. The molecule has 3 rings (SSSR count). The van der Waals surface area contributed by atoms with Gasteiger partial charge in [-0.25, -0.2) is 4.79 Å². The fraction of sp³-hybridized carbons (Fsp3) is 0.333. The predicted molar refractivity (Wildman–Crippen MR) is 103 cm³/mol. The van der Waals surface area contributed by atoms with E-state index in [1.807, 2.05) is 13.8 Å². The Bertz CT molecular complexity index is 868. The normalized spacial score (nSPS) is 13.7. The topological polar surface area (TPSA) is 69.6 Å². The van der Waals surface area contributed by atoms with Crippen LogP contribution in [-0.4, -0.2) is 30.1 Å². The molecule has 2 N–H and O–H groups in total. The van der Waals surface area contributed by atoms with Gasteiger partial charge in [-0.2, -0.15) is 0 Å². The lowest BCUT2D eigenvalue weighted by atomic mass is 10.00. The minimum Gasteiger partial charge on any atom is -0.478 e. The molecule has 1 amide bonds. The lowest BCUT2D eigenvalue weighted by Gasteiger charge is -2.26. The molecule has 0 aliphatic carbocycles. The fourth-order valence-corrected chi connectivity index (χ4v) is 3.84. The molecule has 5 nitrogen and oxygen atoms in total. The molecular weight excluding hydrogens is 328 g/mol.